The van der Waals surface area contributed by atoms with E-state index in [1.165, 1.54) is 0 Å². The van der Waals surface area contributed by atoms with Crippen LogP contribution in [0.25, 0.3) is 0 Å². The van der Waals surface area contributed by atoms with Gasteiger partial charge in [-0.15, -0.1) is 0 Å². The van der Waals surface area contributed by atoms with Gasteiger partial charge in [0.05, 0.1) is 10.7 Å². The van der Waals surface area contributed by atoms with Crippen molar-refractivity contribution in [3.63, 3.8) is 0 Å². The summed E-state index contributed by atoms with van der Waals surface area (Å²) in [7, 11) is 1.80. The molecule has 17 heavy (non-hydrogen) atoms. The molecule has 5 heteroatoms. The maximum atomic E-state index is 11.7. The van der Waals surface area contributed by atoms with Crippen LogP contribution in [-0.4, -0.2) is 30.5 Å². The van der Waals surface area contributed by atoms with Crippen molar-refractivity contribution in [2.24, 2.45) is 0 Å². The van der Waals surface area contributed by atoms with Crippen LogP contribution in [0.4, 0.5) is 5.69 Å². The van der Waals surface area contributed by atoms with Crippen LogP contribution in [0.5, 0.6) is 5.75 Å². The van der Waals surface area contributed by atoms with Crippen molar-refractivity contribution in [3.8, 4) is 5.75 Å². The van der Waals surface area contributed by atoms with Crippen molar-refractivity contribution >= 4 is 23.2 Å². The average Bonchev–Trinajstić information content (AvgIpc) is 3.13. The molecule has 1 fully saturated rings. The SMILES string of the molecule is CN(C(=O)COc1ccc(N)c(Cl)c1)C1CC1. The molecule has 1 aliphatic rings. The van der Waals surface area contributed by atoms with Crippen LogP contribution in [0, 0.1) is 0 Å². The Morgan fingerprint density at radius 1 is 1.59 bits per heavy atom. The monoisotopic (exact) mass is 254 g/mol. The molecule has 1 aromatic carbocycles. The van der Waals surface area contributed by atoms with Crippen molar-refractivity contribution in [3.05, 3.63) is 23.2 Å². The molecule has 2 N–H and O–H groups in total. The number of carbonyl (C=O) groups is 1. The summed E-state index contributed by atoms with van der Waals surface area (Å²) in [5, 5.41) is 0.436. The zero-order valence-corrected chi connectivity index (χ0v) is 10.4. The third-order valence-corrected chi connectivity index (χ3v) is 3.15. The molecule has 1 aliphatic carbocycles. The van der Waals surface area contributed by atoms with Crippen LogP contribution in [-0.2, 0) is 4.79 Å². The van der Waals surface area contributed by atoms with Gasteiger partial charge in [0.2, 0.25) is 0 Å². The van der Waals surface area contributed by atoms with E-state index in [2.05, 4.69) is 0 Å². The summed E-state index contributed by atoms with van der Waals surface area (Å²) >= 11 is 5.85. The lowest BCUT2D eigenvalue weighted by molar-refractivity contribution is -0.132. The zero-order valence-electron chi connectivity index (χ0n) is 9.65. The molecule has 1 amide bonds. The minimum absolute atomic E-state index is 0.0135. The highest BCUT2D eigenvalue weighted by molar-refractivity contribution is 6.33. The number of halogens is 1. The first-order valence-corrected chi connectivity index (χ1v) is 5.89. The fourth-order valence-electron chi connectivity index (χ4n) is 1.51. The summed E-state index contributed by atoms with van der Waals surface area (Å²) in [6.07, 6.45) is 2.19. The molecule has 0 unspecified atom stereocenters. The number of benzene rings is 1. The Morgan fingerprint density at radius 2 is 2.29 bits per heavy atom. The lowest BCUT2D eigenvalue weighted by Gasteiger charge is -2.16. The minimum Gasteiger partial charge on any atom is -0.484 e. The van der Waals surface area contributed by atoms with E-state index in [1.807, 2.05) is 0 Å². The highest BCUT2D eigenvalue weighted by Crippen LogP contribution is 2.26. The molecule has 0 atom stereocenters. The first-order valence-electron chi connectivity index (χ1n) is 5.51. The highest BCUT2D eigenvalue weighted by atomic mass is 35.5. The molecule has 0 bridgehead atoms. The van der Waals surface area contributed by atoms with Gasteiger partial charge in [-0.2, -0.15) is 0 Å². The Bertz CT molecular complexity index is 433. The number of nitrogens with two attached hydrogens (primary N) is 1. The fraction of sp³-hybridized carbons (Fsp3) is 0.417. The minimum atomic E-state index is -0.0135. The Balaban J connectivity index is 1.88. The summed E-state index contributed by atoms with van der Waals surface area (Å²) < 4.78 is 5.37. The van der Waals surface area contributed by atoms with E-state index in [9.17, 15) is 4.79 Å². The average molecular weight is 255 g/mol. The molecule has 92 valence electrons. The molecular weight excluding hydrogens is 240 g/mol. The Labute approximate surface area is 105 Å². The van der Waals surface area contributed by atoms with Crippen molar-refractivity contribution in [2.75, 3.05) is 19.4 Å². The molecular formula is C12H15ClN2O2. The molecule has 0 aliphatic heterocycles. The third-order valence-electron chi connectivity index (χ3n) is 2.82. The number of likely N-dealkylation sites (N-methyl/N-ethyl adjacent to an activating group) is 1. The normalized spacial score (nSPS) is 14.5. The van der Waals surface area contributed by atoms with Gasteiger partial charge in [0.25, 0.3) is 5.91 Å². The molecule has 1 aromatic rings. The molecule has 0 aromatic heterocycles. The number of nitrogens with zero attached hydrogens (tertiary/aromatic N) is 1. The summed E-state index contributed by atoms with van der Waals surface area (Å²) in [5.41, 5.74) is 6.08. The van der Waals surface area contributed by atoms with Gasteiger partial charge in [-0.05, 0) is 25.0 Å². The number of hydrogen-bond acceptors (Lipinski definition) is 3. The molecule has 0 heterocycles. The van der Waals surface area contributed by atoms with Crippen LogP contribution in [0.3, 0.4) is 0 Å². The van der Waals surface area contributed by atoms with Gasteiger partial charge in [0, 0.05) is 19.2 Å². The van der Waals surface area contributed by atoms with E-state index in [-0.39, 0.29) is 12.5 Å². The third kappa shape index (κ3) is 3.03. The first-order chi connectivity index (χ1) is 8.08. The van der Waals surface area contributed by atoms with E-state index in [4.69, 9.17) is 22.1 Å². The van der Waals surface area contributed by atoms with Crippen LogP contribution in [0.1, 0.15) is 12.8 Å². The van der Waals surface area contributed by atoms with Crippen molar-refractivity contribution in [2.45, 2.75) is 18.9 Å². The maximum Gasteiger partial charge on any atom is 0.260 e. The predicted octanol–water partition coefficient (Wildman–Crippen LogP) is 1.92. The summed E-state index contributed by atoms with van der Waals surface area (Å²) in [5.74, 6) is 0.544. The molecule has 1 saturated carbocycles. The van der Waals surface area contributed by atoms with Gasteiger partial charge in [0.15, 0.2) is 6.61 Å². The standard InChI is InChI=1S/C12H15ClN2O2/c1-15(8-2-3-8)12(16)7-17-9-4-5-11(14)10(13)6-9/h4-6,8H,2-3,7,14H2,1H3. The van der Waals surface area contributed by atoms with E-state index in [0.29, 0.717) is 22.5 Å². The van der Waals surface area contributed by atoms with Crippen molar-refractivity contribution < 1.29 is 9.53 Å². The number of ether oxygens (including phenoxy) is 1. The topological polar surface area (TPSA) is 55.6 Å². The van der Waals surface area contributed by atoms with E-state index < -0.39 is 0 Å². The molecule has 2 rings (SSSR count). The maximum absolute atomic E-state index is 11.7. The lowest BCUT2D eigenvalue weighted by atomic mass is 10.3. The zero-order chi connectivity index (χ0) is 12.4. The Morgan fingerprint density at radius 3 is 2.88 bits per heavy atom. The second-order valence-corrected chi connectivity index (χ2v) is 4.62. The van der Waals surface area contributed by atoms with Crippen molar-refractivity contribution in [1.29, 1.82) is 0 Å². The van der Waals surface area contributed by atoms with Crippen LogP contribution in [0.15, 0.2) is 18.2 Å². The second kappa shape index (κ2) is 4.84. The van der Waals surface area contributed by atoms with Gasteiger partial charge < -0.3 is 15.4 Å². The van der Waals surface area contributed by atoms with Crippen LogP contribution >= 0.6 is 11.6 Å². The summed E-state index contributed by atoms with van der Waals surface area (Å²) in [6.45, 7) is 0.0350. The summed E-state index contributed by atoms with van der Waals surface area (Å²) in [6, 6.07) is 5.38. The molecule has 4 nitrogen and oxygen atoms in total. The fourth-order valence-corrected chi connectivity index (χ4v) is 1.68. The van der Waals surface area contributed by atoms with Gasteiger partial charge in [-0.1, -0.05) is 11.6 Å². The smallest absolute Gasteiger partial charge is 0.260 e. The molecule has 0 saturated heterocycles. The Kier molecular flexibility index (Phi) is 3.43. The van der Waals surface area contributed by atoms with Crippen LogP contribution < -0.4 is 10.5 Å². The van der Waals surface area contributed by atoms with Gasteiger partial charge in [-0.3, -0.25) is 4.79 Å². The number of hydrogen-bond donors (Lipinski definition) is 1. The van der Waals surface area contributed by atoms with Crippen LogP contribution in [0.2, 0.25) is 5.02 Å². The van der Waals surface area contributed by atoms with Crippen molar-refractivity contribution in [1.82, 2.24) is 4.90 Å². The molecule has 0 spiro atoms. The largest absolute Gasteiger partial charge is 0.484 e. The highest BCUT2D eigenvalue weighted by Gasteiger charge is 2.29. The van der Waals surface area contributed by atoms with E-state index >= 15 is 0 Å². The first kappa shape index (κ1) is 12.0. The number of nitrogen functional groups attached to an aromatic ring is 1. The number of carbonyl (C=O) groups excluding carboxylic acids is 1. The molecule has 0 radical (unpaired) electrons. The lowest BCUT2D eigenvalue weighted by Crippen LogP contribution is -2.33. The number of rotatable bonds is 4. The predicted molar refractivity (Wildman–Crippen MR) is 67.2 cm³/mol. The quantitative estimate of drug-likeness (QED) is 0.836. The van der Waals surface area contributed by atoms with Gasteiger partial charge in [-0.25, -0.2) is 0 Å². The van der Waals surface area contributed by atoms with Gasteiger partial charge >= 0.3 is 0 Å². The summed E-state index contributed by atoms with van der Waals surface area (Å²) in [4.78, 5) is 13.4. The number of anilines is 1. The van der Waals surface area contributed by atoms with Gasteiger partial charge in [0.1, 0.15) is 5.75 Å². The second-order valence-electron chi connectivity index (χ2n) is 4.21. The Hall–Kier alpha value is -1.42. The van der Waals surface area contributed by atoms with E-state index in [0.717, 1.165) is 12.8 Å². The number of amides is 1. The van der Waals surface area contributed by atoms with E-state index in [1.54, 1.807) is 30.1 Å².